The second kappa shape index (κ2) is 8.05. The molecule has 10 heteroatoms. The fourth-order valence-electron chi connectivity index (χ4n) is 2.88. The van der Waals surface area contributed by atoms with Crippen LogP contribution < -0.4 is 10.0 Å². The first-order valence-electron chi connectivity index (χ1n) is 8.91. The summed E-state index contributed by atoms with van der Waals surface area (Å²) in [6.07, 6.45) is 1.46. The van der Waals surface area contributed by atoms with Crippen LogP contribution in [0.4, 0.5) is 5.69 Å². The molecular weight excluding hydrogens is 428 g/mol. The first kappa shape index (κ1) is 19.7. The van der Waals surface area contributed by atoms with Gasteiger partial charge in [-0.1, -0.05) is 12.1 Å². The van der Waals surface area contributed by atoms with Gasteiger partial charge >= 0.3 is 0 Å². The van der Waals surface area contributed by atoms with Crippen molar-refractivity contribution in [3.63, 3.8) is 0 Å². The Labute approximate surface area is 176 Å². The molecule has 0 radical (unpaired) electrons. The standard InChI is InChI=1S/C19H18N4O3S3/c1-12-17(28-19(21-12)15-7-4-10-27-15)18(24)22-13-5-2-6-14(11-13)29(25,26)23-16-8-3-9-20-16/h2,4-7,10-11H,3,8-9H2,1H3,(H,20,23)(H,22,24). The molecule has 0 spiro atoms. The summed E-state index contributed by atoms with van der Waals surface area (Å²) in [5.74, 6) is 0.159. The average molecular weight is 447 g/mol. The van der Waals surface area contributed by atoms with Crippen molar-refractivity contribution in [3.8, 4) is 9.88 Å². The number of sulfonamides is 1. The molecule has 0 aliphatic carbocycles. The molecule has 1 aliphatic rings. The Morgan fingerprint density at radius 1 is 1.21 bits per heavy atom. The van der Waals surface area contributed by atoms with Crippen molar-refractivity contribution < 1.29 is 13.2 Å². The summed E-state index contributed by atoms with van der Waals surface area (Å²) in [6.45, 7) is 2.42. The zero-order valence-corrected chi connectivity index (χ0v) is 18.0. The average Bonchev–Trinajstić information content (AvgIpc) is 3.43. The highest BCUT2D eigenvalue weighted by atomic mass is 32.2. The van der Waals surface area contributed by atoms with Gasteiger partial charge in [-0.25, -0.2) is 13.4 Å². The summed E-state index contributed by atoms with van der Waals surface area (Å²) in [7, 11) is -3.74. The molecule has 1 aromatic carbocycles. The Hall–Kier alpha value is -2.56. The quantitative estimate of drug-likeness (QED) is 0.621. The maximum Gasteiger partial charge on any atom is 0.267 e. The van der Waals surface area contributed by atoms with Crippen LogP contribution in [0.2, 0.25) is 0 Å². The number of thiophene rings is 1. The van der Waals surface area contributed by atoms with E-state index >= 15 is 0 Å². The number of nitrogens with zero attached hydrogens (tertiary/aromatic N) is 2. The van der Waals surface area contributed by atoms with Crippen LogP contribution >= 0.6 is 22.7 Å². The number of thiazole rings is 1. The predicted octanol–water partition coefficient (Wildman–Crippen LogP) is 3.90. The molecule has 29 heavy (non-hydrogen) atoms. The number of hydrogen-bond donors (Lipinski definition) is 2. The van der Waals surface area contributed by atoms with E-state index in [1.54, 1.807) is 30.4 Å². The number of aryl methyl sites for hydroxylation is 1. The molecule has 0 saturated heterocycles. The number of benzene rings is 1. The van der Waals surface area contributed by atoms with Crippen LogP contribution in [0, 0.1) is 6.92 Å². The van der Waals surface area contributed by atoms with E-state index in [1.165, 1.54) is 23.5 Å². The molecule has 150 valence electrons. The zero-order chi connectivity index (χ0) is 20.4. The van der Waals surface area contributed by atoms with Crippen LogP contribution in [0.3, 0.4) is 0 Å². The monoisotopic (exact) mass is 446 g/mol. The van der Waals surface area contributed by atoms with Gasteiger partial charge in [-0.2, -0.15) is 0 Å². The van der Waals surface area contributed by atoms with Crippen LogP contribution in [0.25, 0.3) is 9.88 Å². The fourth-order valence-corrected chi connectivity index (χ4v) is 5.77. The second-order valence-electron chi connectivity index (χ2n) is 6.43. The van der Waals surface area contributed by atoms with Crippen LogP contribution in [0.5, 0.6) is 0 Å². The number of aliphatic imine (C=N–C) groups is 1. The molecule has 0 saturated carbocycles. The minimum absolute atomic E-state index is 0.0743. The van der Waals surface area contributed by atoms with E-state index in [1.807, 2.05) is 17.5 Å². The predicted molar refractivity (Wildman–Crippen MR) is 116 cm³/mol. The summed E-state index contributed by atoms with van der Waals surface area (Å²) in [6, 6.07) is 10.1. The van der Waals surface area contributed by atoms with Crippen molar-refractivity contribution >= 4 is 50.1 Å². The van der Waals surface area contributed by atoms with E-state index in [-0.39, 0.29) is 10.8 Å². The van der Waals surface area contributed by atoms with Crippen LogP contribution in [-0.2, 0) is 10.0 Å². The first-order valence-corrected chi connectivity index (χ1v) is 12.1. The van der Waals surface area contributed by atoms with Crippen molar-refractivity contribution in [3.05, 3.63) is 52.3 Å². The first-order chi connectivity index (χ1) is 13.9. The molecule has 0 atom stereocenters. The number of nitrogens with one attached hydrogen (secondary N) is 2. The van der Waals surface area contributed by atoms with Gasteiger partial charge in [-0.05, 0) is 43.0 Å². The Morgan fingerprint density at radius 2 is 2.07 bits per heavy atom. The third kappa shape index (κ3) is 4.39. The molecule has 0 unspecified atom stereocenters. The van der Waals surface area contributed by atoms with E-state index in [2.05, 4.69) is 20.0 Å². The van der Waals surface area contributed by atoms with E-state index in [9.17, 15) is 13.2 Å². The van der Waals surface area contributed by atoms with Crippen molar-refractivity contribution in [2.45, 2.75) is 24.7 Å². The number of amides is 1. The van der Waals surface area contributed by atoms with E-state index in [0.717, 1.165) is 16.3 Å². The Kier molecular flexibility index (Phi) is 5.48. The van der Waals surface area contributed by atoms with Gasteiger partial charge in [0.25, 0.3) is 15.9 Å². The van der Waals surface area contributed by atoms with E-state index in [4.69, 9.17) is 0 Å². The maximum atomic E-state index is 12.7. The minimum Gasteiger partial charge on any atom is -0.321 e. The lowest BCUT2D eigenvalue weighted by Crippen LogP contribution is -2.29. The minimum atomic E-state index is -3.74. The smallest absolute Gasteiger partial charge is 0.267 e. The van der Waals surface area contributed by atoms with Crippen molar-refractivity contribution in [2.75, 3.05) is 11.9 Å². The topological polar surface area (TPSA) is 101 Å². The highest BCUT2D eigenvalue weighted by molar-refractivity contribution is 7.90. The van der Waals surface area contributed by atoms with E-state index < -0.39 is 10.0 Å². The number of amidine groups is 1. The Balaban J connectivity index is 1.53. The largest absolute Gasteiger partial charge is 0.321 e. The summed E-state index contributed by atoms with van der Waals surface area (Å²) in [4.78, 5) is 22.9. The van der Waals surface area contributed by atoms with Gasteiger partial charge in [-0.15, -0.1) is 22.7 Å². The van der Waals surface area contributed by atoms with Gasteiger partial charge in [0.05, 0.1) is 15.5 Å². The molecule has 2 N–H and O–H groups in total. The zero-order valence-electron chi connectivity index (χ0n) is 15.5. The lowest BCUT2D eigenvalue weighted by Gasteiger charge is -2.10. The molecule has 0 bridgehead atoms. The third-order valence-corrected chi connectivity index (χ3v) is 7.84. The molecular formula is C19H18N4O3S3. The molecule has 7 nitrogen and oxygen atoms in total. The maximum absolute atomic E-state index is 12.7. The molecule has 1 amide bonds. The van der Waals surface area contributed by atoms with Gasteiger partial charge in [-0.3, -0.25) is 14.5 Å². The fraction of sp³-hybridized carbons (Fsp3) is 0.211. The number of anilines is 1. The highest BCUT2D eigenvalue weighted by Gasteiger charge is 2.20. The number of aromatic nitrogens is 1. The molecule has 3 aromatic rings. The summed E-state index contributed by atoms with van der Waals surface area (Å²) in [5.41, 5.74) is 1.04. The normalized spacial score (nSPS) is 13.9. The van der Waals surface area contributed by atoms with Crippen molar-refractivity contribution in [1.29, 1.82) is 0 Å². The number of carbonyl (C=O) groups is 1. The van der Waals surface area contributed by atoms with Gasteiger partial charge < -0.3 is 5.32 Å². The molecule has 1 aliphatic heterocycles. The number of hydrogen-bond acceptors (Lipinski definition) is 7. The highest BCUT2D eigenvalue weighted by Crippen LogP contribution is 2.31. The molecule has 0 fully saturated rings. The van der Waals surface area contributed by atoms with Gasteiger partial charge in [0, 0.05) is 18.7 Å². The lowest BCUT2D eigenvalue weighted by atomic mass is 10.3. The van der Waals surface area contributed by atoms with Gasteiger partial charge in [0.2, 0.25) is 0 Å². The SMILES string of the molecule is Cc1nc(-c2cccs2)sc1C(=O)Nc1cccc(S(=O)(=O)NC2=NCCC2)c1. The Morgan fingerprint density at radius 3 is 2.79 bits per heavy atom. The van der Waals surface area contributed by atoms with Crippen molar-refractivity contribution in [2.24, 2.45) is 4.99 Å². The second-order valence-corrected chi connectivity index (χ2v) is 10.1. The number of rotatable bonds is 5. The summed E-state index contributed by atoms with van der Waals surface area (Å²) >= 11 is 2.88. The van der Waals surface area contributed by atoms with Crippen LogP contribution in [0.1, 0.15) is 28.2 Å². The van der Waals surface area contributed by atoms with Crippen molar-refractivity contribution in [1.82, 2.24) is 9.71 Å². The molecule has 4 rings (SSSR count). The third-order valence-electron chi connectivity index (χ3n) is 4.26. The van der Waals surface area contributed by atoms with Gasteiger partial charge in [0.15, 0.2) is 0 Å². The molecule has 3 heterocycles. The Bertz CT molecular complexity index is 1180. The number of carbonyl (C=O) groups excluding carboxylic acids is 1. The van der Waals surface area contributed by atoms with Gasteiger partial charge in [0.1, 0.15) is 15.7 Å². The summed E-state index contributed by atoms with van der Waals surface area (Å²) in [5, 5.41) is 5.53. The molecule has 2 aromatic heterocycles. The summed E-state index contributed by atoms with van der Waals surface area (Å²) < 4.78 is 27.7. The van der Waals surface area contributed by atoms with E-state index in [0.29, 0.717) is 35.1 Å². The lowest BCUT2D eigenvalue weighted by molar-refractivity contribution is 0.102. The van der Waals surface area contributed by atoms with Crippen LogP contribution in [-0.4, -0.2) is 31.7 Å². The van der Waals surface area contributed by atoms with Crippen LogP contribution in [0.15, 0.2) is 51.7 Å².